The van der Waals surface area contributed by atoms with E-state index in [9.17, 15) is 0 Å². The van der Waals surface area contributed by atoms with Crippen LogP contribution < -0.4 is 5.32 Å². The van der Waals surface area contributed by atoms with E-state index >= 15 is 0 Å². The highest BCUT2D eigenvalue weighted by atomic mass is 15.2. The van der Waals surface area contributed by atoms with Crippen LogP contribution in [-0.2, 0) is 0 Å². The highest BCUT2D eigenvalue weighted by Gasteiger charge is 2.27. The lowest BCUT2D eigenvalue weighted by atomic mass is 9.90. The first-order valence-corrected chi connectivity index (χ1v) is 6.59. The van der Waals surface area contributed by atoms with E-state index < -0.39 is 0 Å². The average molecular weight is 227 g/mol. The van der Waals surface area contributed by atoms with Gasteiger partial charge in [0.1, 0.15) is 0 Å². The fourth-order valence-corrected chi connectivity index (χ4v) is 2.51. The minimum absolute atomic E-state index is 0.716. The first-order valence-electron chi connectivity index (χ1n) is 6.59. The van der Waals surface area contributed by atoms with E-state index in [1.165, 1.54) is 25.9 Å². The van der Waals surface area contributed by atoms with Crippen LogP contribution in [0.3, 0.4) is 0 Å². The quantitative estimate of drug-likeness (QED) is 0.713. The van der Waals surface area contributed by atoms with Crippen LogP contribution in [0.1, 0.15) is 26.7 Å². The molecule has 0 amide bonds. The summed E-state index contributed by atoms with van der Waals surface area (Å²) in [4.78, 5) is 4.73. The topological polar surface area (TPSA) is 18.5 Å². The maximum Gasteiger partial charge on any atom is 0.0120 e. The minimum atomic E-state index is 0.716. The molecule has 1 heterocycles. The monoisotopic (exact) mass is 227 g/mol. The third kappa shape index (κ3) is 4.40. The van der Waals surface area contributed by atoms with E-state index in [4.69, 9.17) is 0 Å². The number of likely N-dealkylation sites (tertiary alicyclic amines) is 1. The van der Waals surface area contributed by atoms with Gasteiger partial charge in [-0.15, -0.1) is 0 Å². The highest BCUT2D eigenvalue weighted by molar-refractivity contribution is 4.85. The van der Waals surface area contributed by atoms with Gasteiger partial charge in [0.05, 0.1) is 0 Å². The Hall–Kier alpha value is -0.120. The summed E-state index contributed by atoms with van der Waals surface area (Å²) in [6.45, 7) is 8.27. The molecule has 3 atom stereocenters. The largest absolute Gasteiger partial charge is 0.314 e. The van der Waals surface area contributed by atoms with Gasteiger partial charge in [-0.3, -0.25) is 0 Å². The van der Waals surface area contributed by atoms with Crippen molar-refractivity contribution in [1.29, 1.82) is 0 Å². The van der Waals surface area contributed by atoms with E-state index in [0.29, 0.717) is 6.04 Å². The Balaban J connectivity index is 2.20. The third-order valence-corrected chi connectivity index (χ3v) is 3.80. The summed E-state index contributed by atoms with van der Waals surface area (Å²) < 4.78 is 0. The van der Waals surface area contributed by atoms with Crippen LogP contribution >= 0.6 is 0 Å². The normalized spacial score (nSPS) is 32.2. The molecule has 0 bridgehead atoms. The van der Waals surface area contributed by atoms with Crippen LogP contribution in [0, 0.1) is 5.92 Å². The Morgan fingerprint density at radius 3 is 2.62 bits per heavy atom. The summed E-state index contributed by atoms with van der Waals surface area (Å²) in [5, 5.41) is 3.72. The molecule has 0 aromatic heterocycles. The van der Waals surface area contributed by atoms with Gasteiger partial charge < -0.3 is 15.1 Å². The number of rotatable bonds is 5. The third-order valence-electron chi connectivity index (χ3n) is 3.80. The molecule has 3 heteroatoms. The second-order valence-corrected chi connectivity index (χ2v) is 5.72. The van der Waals surface area contributed by atoms with Crippen molar-refractivity contribution in [3.63, 3.8) is 0 Å². The first kappa shape index (κ1) is 13.9. The molecule has 1 saturated heterocycles. The molecule has 3 nitrogen and oxygen atoms in total. The fourth-order valence-electron chi connectivity index (χ4n) is 2.51. The zero-order valence-electron chi connectivity index (χ0n) is 11.7. The van der Waals surface area contributed by atoms with E-state index in [0.717, 1.165) is 18.5 Å². The number of hydrogen-bond donors (Lipinski definition) is 1. The average Bonchev–Trinajstić information content (AvgIpc) is 2.19. The molecule has 0 radical (unpaired) electrons. The summed E-state index contributed by atoms with van der Waals surface area (Å²) >= 11 is 0. The summed E-state index contributed by atoms with van der Waals surface area (Å²) in [6, 6.07) is 1.44. The Kier molecular flexibility index (Phi) is 5.73. The van der Waals surface area contributed by atoms with Crippen LogP contribution in [0.4, 0.5) is 0 Å². The van der Waals surface area contributed by atoms with Crippen molar-refractivity contribution in [2.24, 2.45) is 5.92 Å². The van der Waals surface area contributed by atoms with Crippen molar-refractivity contribution in [3.05, 3.63) is 0 Å². The van der Waals surface area contributed by atoms with Crippen molar-refractivity contribution in [1.82, 2.24) is 15.1 Å². The molecular weight excluding hydrogens is 198 g/mol. The lowest BCUT2D eigenvalue weighted by Gasteiger charge is -2.40. The highest BCUT2D eigenvalue weighted by Crippen LogP contribution is 2.20. The minimum Gasteiger partial charge on any atom is -0.314 e. The van der Waals surface area contributed by atoms with E-state index in [1.807, 2.05) is 0 Å². The van der Waals surface area contributed by atoms with Crippen molar-refractivity contribution in [3.8, 4) is 0 Å². The Morgan fingerprint density at radius 2 is 2.00 bits per heavy atom. The molecule has 0 saturated carbocycles. The van der Waals surface area contributed by atoms with Gasteiger partial charge >= 0.3 is 0 Å². The molecule has 0 aliphatic carbocycles. The van der Waals surface area contributed by atoms with Crippen molar-refractivity contribution in [2.45, 2.75) is 38.8 Å². The van der Waals surface area contributed by atoms with E-state index in [2.05, 4.69) is 50.1 Å². The summed E-state index contributed by atoms with van der Waals surface area (Å²) in [5.74, 6) is 0.778. The maximum atomic E-state index is 3.72. The Labute approximate surface area is 101 Å². The summed E-state index contributed by atoms with van der Waals surface area (Å²) in [5.41, 5.74) is 0. The van der Waals surface area contributed by atoms with Crippen molar-refractivity contribution >= 4 is 0 Å². The van der Waals surface area contributed by atoms with Crippen molar-refractivity contribution < 1.29 is 0 Å². The molecule has 1 rings (SSSR count). The molecule has 0 aromatic carbocycles. The van der Waals surface area contributed by atoms with Crippen LogP contribution in [-0.4, -0.2) is 62.7 Å². The Morgan fingerprint density at radius 1 is 1.31 bits per heavy atom. The number of piperidine rings is 1. The molecule has 96 valence electrons. The molecular formula is C13H29N3. The van der Waals surface area contributed by atoms with E-state index in [-0.39, 0.29) is 0 Å². The lowest BCUT2D eigenvalue weighted by Crippen LogP contribution is -2.51. The summed E-state index contributed by atoms with van der Waals surface area (Å²) in [6.07, 6.45) is 2.54. The van der Waals surface area contributed by atoms with Crippen LogP contribution in [0.2, 0.25) is 0 Å². The zero-order valence-corrected chi connectivity index (χ0v) is 11.7. The van der Waals surface area contributed by atoms with Gasteiger partial charge in [-0.05, 0) is 59.9 Å². The van der Waals surface area contributed by atoms with Crippen LogP contribution in [0.5, 0.6) is 0 Å². The van der Waals surface area contributed by atoms with Gasteiger partial charge in [0, 0.05) is 18.6 Å². The molecule has 0 unspecified atom stereocenters. The standard InChI is InChI=1S/C13H29N3/c1-11-10-16(5)12(2)9-13(11)14-7-6-8-15(3)4/h11-14H,6-10H2,1-5H3/t11-,12-,13-/m0/s1. The van der Waals surface area contributed by atoms with Gasteiger partial charge in [-0.2, -0.15) is 0 Å². The smallest absolute Gasteiger partial charge is 0.0120 e. The Bertz CT molecular complexity index is 194. The second kappa shape index (κ2) is 6.58. The van der Waals surface area contributed by atoms with Gasteiger partial charge in [0.25, 0.3) is 0 Å². The molecule has 0 spiro atoms. The molecule has 1 aliphatic rings. The predicted octanol–water partition coefficient (Wildman–Crippen LogP) is 1.26. The van der Waals surface area contributed by atoms with Gasteiger partial charge in [-0.1, -0.05) is 6.92 Å². The zero-order chi connectivity index (χ0) is 12.1. The summed E-state index contributed by atoms with van der Waals surface area (Å²) in [7, 11) is 6.52. The molecule has 16 heavy (non-hydrogen) atoms. The molecule has 1 N–H and O–H groups in total. The molecule has 1 aliphatic heterocycles. The van der Waals surface area contributed by atoms with Gasteiger partial charge in [0.15, 0.2) is 0 Å². The number of nitrogens with one attached hydrogen (secondary N) is 1. The SMILES string of the molecule is C[C@H]1CN(C)[C@@H](C)C[C@@H]1NCCCN(C)C. The first-order chi connectivity index (χ1) is 7.50. The van der Waals surface area contributed by atoms with E-state index in [1.54, 1.807) is 0 Å². The molecule has 1 fully saturated rings. The van der Waals surface area contributed by atoms with Gasteiger partial charge in [-0.25, -0.2) is 0 Å². The predicted molar refractivity (Wildman–Crippen MR) is 70.8 cm³/mol. The molecule has 0 aromatic rings. The fraction of sp³-hybridized carbons (Fsp3) is 1.00. The number of nitrogens with zero attached hydrogens (tertiary/aromatic N) is 2. The van der Waals surface area contributed by atoms with Crippen LogP contribution in [0.25, 0.3) is 0 Å². The maximum absolute atomic E-state index is 3.72. The second-order valence-electron chi connectivity index (χ2n) is 5.72. The van der Waals surface area contributed by atoms with Gasteiger partial charge in [0.2, 0.25) is 0 Å². The lowest BCUT2D eigenvalue weighted by molar-refractivity contribution is 0.121. The number of hydrogen-bond acceptors (Lipinski definition) is 3. The van der Waals surface area contributed by atoms with Crippen LogP contribution in [0.15, 0.2) is 0 Å². The van der Waals surface area contributed by atoms with Crippen molar-refractivity contribution in [2.75, 3.05) is 40.8 Å².